The van der Waals surface area contributed by atoms with Crippen molar-refractivity contribution in [3.05, 3.63) is 0 Å². The zero-order chi connectivity index (χ0) is 8.91. The highest BCUT2D eigenvalue weighted by Crippen LogP contribution is 1.86. The molecule has 1 unspecified atom stereocenters. The molecular formula is C6H11NO3S. The third-order valence-corrected chi connectivity index (χ3v) is 2.40. The number of hydrogen-bond donors (Lipinski definition) is 2. The Morgan fingerprint density at radius 1 is 1.73 bits per heavy atom. The van der Waals surface area contributed by atoms with E-state index in [9.17, 15) is 8.42 Å². The number of nitrogens with one attached hydrogen (secondary N) is 1. The molecule has 5 heteroatoms. The van der Waals surface area contributed by atoms with Crippen LogP contribution in [0.3, 0.4) is 0 Å². The van der Waals surface area contributed by atoms with E-state index >= 15 is 0 Å². The van der Waals surface area contributed by atoms with Gasteiger partial charge in [0.15, 0.2) is 0 Å². The molecule has 2 N–H and O–H groups in total. The minimum absolute atomic E-state index is 0.307. The van der Waals surface area contributed by atoms with Crippen LogP contribution in [0, 0.1) is 12.3 Å². The summed E-state index contributed by atoms with van der Waals surface area (Å²) in [5.74, 6) is 1.90. The van der Waals surface area contributed by atoms with E-state index in [0.717, 1.165) is 0 Å². The maximum Gasteiger partial charge on any atom is 0.214 e. The van der Waals surface area contributed by atoms with Crippen LogP contribution in [0.2, 0.25) is 0 Å². The number of aliphatic hydroxyl groups is 1. The van der Waals surface area contributed by atoms with Crippen molar-refractivity contribution < 1.29 is 13.5 Å². The summed E-state index contributed by atoms with van der Waals surface area (Å²) >= 11 is 0. The Kier molecular flexibility index (Phi) is 4.11. The Bertz CT molecular complexity index is 239. The van der Waals surface area contributed by atoms with Gasteiger partial charge in [-0.05, 0) is 6.92 Å². The van der Waals surface area contributed by atoms with Crippen LogP contribution in [0.4, 0.5) is 0 Å². The van der Waals surface area contributed by atoms with Gasteiger partial charge in [0.05, 0.1) is 18.4 Å². The molecule has 0 bridgehead atoms. The molecule has 0 spiro atoms. The van der Waals surface area contributed by atoms with Crippen LogP contribution in [-0.4, -0.2) is 31.9 Å². The first kappa shape index (κ1) is 10.4. The summed E-state index contributed by atoms with van der Waals surface area (Å²) in [6, 6.07) is -0.522. The van der Waals surface area contributed by atoms with Crippen molar-refractivity contribution in [2.45, 2.75) is 13.0 Å². The Labute approximate surface area is 66.7 Å². The highest BCUT2D eigenvalue weighted by atomic mass is 32.2. The smallest absolute Gasteiger partial charge is 0.214 e. The van der Waals surface area contributed by atoms with Gasteiger partial charge < -0.3 is 5.11 Å². The van der Waals surface area contributed by atoms with Gasteiger partial charge in [-0.25, -0.2) is 13.1 Å². The molecule has 0 aliphatic heterocycles. The van der Waals surface area contributed by atoms with Crippen molar-refractivity contribution in [1.82, 2.24) is 4.72 Å². The SMILES string of the molecule is C#CC(C)NS(=O)(=O)CCO. The van der Waals surface area contributed by atoms with Crippen molar-refractivity contribution in [2.24, 2.45) is 0 Å². The summed E-state index contributed by atoms with van der Waals surface area (Å²) in [6.07, 6.45) is 4.94. The zero-order valence-electron chi connectivity index (χ0n) is 6.24. The van der Waals surface area contributed by atoms with E-state index in [-0.39, 0.29) is 5.75 Å². The van der Waals surface area contributed by atoms with Crippen LogP contribution < -0.4 is 4.72 Å². The molecule has 0 aromatic carbocycles. The maximum absolute atomic E-state index is 10.8. The molecule has 0 amide bonds. The molecule has 0 aromatic heterocycles. The summed E-state index contributed by atoms with van der Waals surface area (Å²) in [5, 5.41) is 8.32. The fourth-order valence-corrected chi connectivity index (χ4v) is 1.45. The molecule has 4 nitrogen and oxygen atoms in total. The third kappa shape index (κ3) is 4.79. The predicted molar refractivity (Wildman–Crippen MR) is 42.3 cm³/mol. The molecule has 1 atom stereocenters. The van der Waals surface area contributed by atoms with E-state index in [4.69, 9.17) is 11.5 Å². The lowest BCUT2D eigenvalue weighted by atomic mass is 10.4. The molecule has 0 aromatic rings. The molecule has 0 saturated carbocycles. The Hall–Kier alpha value is -0.570. The lowest BCUT2D eigenvalue weighted by molar-refractivity contribution is 0.319. The van der Waals surface area contributed by atoms with Crippen molar-refractivity contribution in [1.29, 1.82) is 0 Å². The van der Waals surface area contributed by atoms with Crippen molar-refractivity contribution >= 4 is 10.0 Å². The Morgan fingerprint density at radius 2 is 2.27 bits per heavy atom. The van der Waals surface area contributed by atoms with Gasteiger partial charge in [0, 0.05) is 0 Å². The molecule has 0 radical (unpaired) electrons. The number of aliphatic hydroxyl groups excluding tert-OH is 1. The van der Waals surface area contributed by atoms with E-state index in [1.54, 1.807) is 6.92 Å². The quantitative estimate of drug-likeness (QED) is 0.537. The Balaban J connectivity index is 4.05. The Morgan fingerprint density at radius 3 is 2.64 bits per heavy atom. The highest BCUT2D eigenvalue weighted by Gasteiger charge is 2.10. The van der Waals surface area contributed by atoms with Gasteiger partial charge >= 0.3 is 0 Å². The van der Waals surface area contributed by atoms with E-state index in [1.165, 1.54) is 0 Å². The molecule has 0 fully saturated rings. The van der Waals surface area contributed by atoms with Gasteiger partial charge in [-0.15, -0.1) is 6.42 Å². The molecule has 0 rings (SSSR count). The fraction of sp³-hybridized carbons (Fsp3) is 0.667. The van der Waals surface area contributed by atoms with Crippen LogP contribution >= 0.6 is 0 Å². The lowest BCUT2D eigenvalue weighted by Gasteiger charge is -2.06. The van der Waals surface area contributed by atoms with E-state index in [0.29, 0.717) is 0 Å². The van der Waals surface area contributed by atoms with Crippen molar-refractivity contribution in [3.63, 3.8) is 0 Å². The van der Waals surface area contributed by atoms with Crippen LogP contribution in [0.5, 0.6) is 0 Å². The van der Waals surface area contributed by atoms with Gasteiger partial charge in [-0.3, -0.25) is 0 Å². The molecule has 11 heavy (non-hydrogen) atoms. The summed E-state index contributed by atoms with van der Waals surface area (Å²) < 4.78 is 23.8. The molecule has 0 aliphatic rings. The van der Waals surface area contributed by atoms with Gasteiger partial charge in [0.1, 0.15) is 0 Å². The fourth-order valence-electron chi connectivity index (χ4n) is 0.482. The van der Waals surface area contributed by atoms with Crippen molar-refractivity contribution in [2.75, 3.05) is 12.4 Å². The minimum atomic E-state index is -3.39. The summed E-state index contributed by atoms with van der Waals surface area (Å²) in [6.45, 7) is 1.15. The second kappa shape index (κ2) is 4.34. The van der Waals surface area contributed by atoms with Gasteiger partial charge in [0.2, 0.25) is 10.0 Å². The van der Waals surface area contributed by atoms with Crippen LogP contribution in [0.15, 0.2) is 0 Å². The monoisotopic (exact) mass is 177 g/mol. The largest absolute Gasteiger partial charge is 0.395 e. The van der Waals surface area contributed by atoms with Crippen molar-refractivity contribution in [3.8, 4) is 12.3 Å². The van der Waals surface area contributed by atoms with Gasteiger partial charge in [-0.2, -0.15) is 0 Å². The second-order valence-corrected chi connectivity index (χ2v) is 3.92. The second-order valence-electron chi connectivity index (χ2n) is 2.05. The topological polar surface area (TPSA) is 66.4 Å². The molecule has 0 heterocycles. The first-order valence-corrected chi connectivity index (χ1v) is 4.74. The van der Waals surface area contributed by atoms with Gasteiger partial charge in [-0.1, -0.05) is 5.92 Å². The molecule has 0 saturated heterocycles. The summed E-state index contributed by atoms with van der Waals surface area (Å²) in [4.78, 5) is 0. The number of terminal acetylenes is 1. The van der Waals surface area contributed by atoms with E-state index in [1.807, 2.05) is 0 Å². The first-order chi connectivity index (χ1) is 5.02. The molecule has 0 aliphatic carbocycles. The lowest BCUT2D eigenvalue weighted by Crippen LogP contribution is -2.34. The van der Waals surface area contributed by atoms with E-state index in [2.05, 4.69) is 10.6 Å². The zero-order valence-corrected chi connectivity index (χ0v) is 7.06. The third-order valence-electron chi connectivity index (χ3n) is 0.966. The normalized spacial score (nSPS) is 13.9. The number of hydrogen-bond acceptors (Lipinski definition) is 3. The average Bonchev–Trinajstić information content (AvgIpc) is 1.86. The highest BCUT2D eigenvalue weighted by molar-refractivity contribution is 7.89. The standard InChI is InChI=1S/C6H11NO3S/c1-3-6(2)7-11(9,10)5-4-8/h1,6-8H,4-5H2,2H3. The minimum Gasteiger partial charge on any atom is -0.395 e. The maximum atomic E-state index is 10.8. The summed E-state index contributed by atoms with van der Waals surface area (Å²) in [5.41, 5.74) is 0. The van der Waals surface area contributed by atoms with Gasteiger partial charge in [0.25, 0.3) is 0 Å². The van der Waals surface area contributed by atoms with E-state index < -0.39 is 22.7 Å². The number of sulfonamides is 1. The van der Waals surface area contributed by atoms with Crippen LogP contribution in [0.25, 0.3) is 0 Å². The summed E-state index contributed by atoms with van der Waals surface area (Å²) in [7, 11) is -3.39. The molecule has 64 valence electrons. The molecular weight excluding hydrogens is 166 g/mol. The first-order valence-electron chi connectivity index (χ1n) is 3.09. The number of rotatable bonds is 4. The average molecular weight is 177 g/mol. The predicted octanol–water partition coefficient (Wildman–Crippen LogP) is -1.08. The van der Waals surface area contributed by atoms with Crippen LogP contribution in [-0.2, 0) is 10.0 Å². The van der Waals surface area contributed by atoms with Crippen LogP contribution in [0.1, 0.15) is 6.92 Å².